The van der Waals surface area contributed by atoms with Gasteiger partial charge in [0.15, 0.2) is 0 Å². The van der Waals surface area contributed by atoms with E-state index in [1.807, 2.05) is 0 Å². The van der Waals surface area contributed by atoms with Gasteiger partial charge in [-0.2, -0.15) is 0 Å². The maximum atomic E-state index is 10.3. The van der Waals surface area contributed by atoms with Crippen molar-refractivity contribution in [3.05, 3.63) is 34.9 Å². The minimum Gasteiger partial charge on any atom is -0.481 e. The molecule has 0 saturated heterocycles. The van der Waals surface area contributed by atoms with Crippen LogP contribution in [0.5, 0.6) is 0 Å². The first-order valence-electron chi connectivity index (χ1n) is 4.23. The molecule has 0 radical (unpaired) electrons. The predicted molar refractivity (Wildman–Crippen MR) is 53.4 cm³/mol. The number of aliphatic carboxylic acids is 1. The van der Waals surface area contributed by atoms with E-state index in [1.54, 1.807) is 24.3 Å². The maximum absolute atomic E-state index is 10.3. The van der Waals surface area contributed by atoms with Crippen molar-refractivity contribution in [3.8, 4) is 0 Å². The summed E-state index contributed by atoms with van der Waals surface area (Å²) in [4.78, 5) is 10.3. The summed E-state index contributed by atoms with van der Waals surface area (Å²) in [6.45, 7) is 0. The van der Waals surface area contributed by atoms with Gasteiger partial charge >= 0.3 is 5.97 Å². The Balaban J connectivity index is 2.60. The lowest BCUT2D eigenvalue weighted by atomic mass is 10.1. The van der Waals surface area contributed by atoms with Gasteiger partial charge in [-0.25, -0.2) is 0 Å². The Bertz CT molecular complexity index is 325. The van der Waals surface area contributed by atoms with Crippen LogP contribution in [0, 0.1) is 0 Å². The Hall–Kier alpha value is -1.06. The lowest BCUT2D eigenvalue weighted by molar-refractivity contribution is -0.139. The Morgan fingerprint density at radius 1 is 1.43 bits per heavy atom. The van der Waals surface area contributed by atoms with Crippen LogP contribution in [0.15, 0.2) is 24.3 Å². The summed E-state index contributed by atoms with van der Waals surface area (Å²) in [6, 6.07) is 7.07. The molecular weight excluding hydrogens is 204 g/mol. The Morgan fingerprint density at radius 2 is 2.07 bits per heavy atom. The second-order valence-corrected chi connectivity index (χ2v) is 3.45. The van der Waals surface area contributed by atoms with Crippen LogP contribution < -0.4 is 0 Å². The number of hydrogen-bond donors (Lipinski definition) is 2. The van der Waals surface area contributed by atoms with Gasteiger partial charge in [-0.3, -0.25) is 4.79 Å². The van der Waals surface area contributed by atoms with Gasteiger partial charge in [-0.05, 0) is 11.6 Å². The van der Waals surface area contributed by atoms with Crippen LogP contribution in [0.1, 0.15) is 12.0 Å². The van der Waals surface area contributed by atoms with E-state index in [9.17, 15) is 9.90 Å². The molecule has 0 bridgehead atoms. The zero-order chi connectivity index (χ0) is 10.6. The van der Waals surface area contributed by atoms with Gasteiger partial charge in [-0.15, -0.1) is 0 Å². The van der Waals surface area contributed by atoms with Gasteiger partial charge in [-0.1, -0.05) is 29.8 Å². The topological polar surface area (TPSA) is 57.5 Å². The van der Waals surface area contributed by atoms with E-state index in [4.69, 9.17) is 16.7 Å². The van der Waals surface area contributed by atoms with Crippen LogP contribution in [0.25, 0.3) is 0 Å². The number of carbonyl (C=O) groups is 1. The molecular formula is C10H11ClO3. The third kappa shape index (κ3) is 3.36. The molecule has 0 aliphatic carbocycles. The molecule has 2 N–H and O–H groups in total. The average Bonchev–Trinajstić information content (AvgIpc) is 2.07. The molecule has 1 aromatic rings. The number of carboxylic acids is 1. The molecule has 76 valence electrons. The summed E-state index contributed by atoms with van der Waals surface area (Å²) < 4.78 is 0. The number of benzene rings is 1. The highest BCUT2D eigenvalue weighted by Gasteiger charge is 2.11. The van der Waals surface area contributed by atoms with Crippen LogP contribution >= 0.6 is 11.6 Å². The Kier molecular flexibility index (Phi) is 3.92. The summed E-state index contributed by atoms with van der Waals surface area (Å²) in [5, 5.41) is 18.3. The van der Waals surface area contributed by atoms with Crippen molar-refractivity contribution in [2.24, 2.45) is 0 Å². The predicted octanol–water partition coefficient (Wildman–Crippen LogP) is 1.72. The fourth-order valence-electron chi connectivity index (χ4n) is 1.19. The van der Waals surface area contributed by atoms with Crippen LogP contribution in [-0.4, -0.2) is 22.3 Å². The molecule has 14 heavy (non-hydrogen) atoms. The van der Waals surface area contributed by atoms with Crippen molar-refractivity contribution in [1.29, 1.82) is 0 Å². The van der Waals surface area contributed by atoms with E-state index in [-0.39, 0.29) is 12.8 Å². The number of rotatable bonds is 4. The van der Waals surface area contributed by atoms with Crippen molar-refractivity contribution in [3.63, 3.8) is 0 Å². The third-order valence-electron chi connectivity index (χ3n) is 1.82. The van der Waals surface area contributed by atoms with Crippen molar-refractivity contribution in [1.82, 2.24) is 0 Å². The lowest BCUT2D eigenvalue weighted by Gasteiger charge is -2.08. The van der Waals surface area contributed by atoms with E-state index in [2.05, 4.69) is 0 Å². The van der Waals surface area contributed by atoms with Gasteiger partial charge in [0.1, 0.15) is 0 Å². The molecule has 1 rings (SSSR count). The van der Waals surface area contributed by atoms with E-state index >= 15 is 0 Å². The number of hydrogen-bond acceptors (Lipinski definition) is 2. The molecule has 1 aromatic carbocycles. The standard InChI is InChI=1S/C10H11ClO3/c11-9-4-2-1-3-7(9)5-8(12)6-10(13)14/h1-4,8,12H,5-6H2,(H,13,14). The monoisotopic (exact) mass is 214 g/mol. The van der Waals surface area contributed by atoms with Gasteiger partial charge in [0.25, 0.3) is 0 Å². The second-order valence-electron chi connectivity index (χ2n) is 3.05. The largest absolute Gasteiger partial charge is 0.481 e. The normalized spacial score (nSPS) is 12.4. The van der Waals surface area contributed by atoms with Crippen LogP contribution in [-0.2, 0) is 11.2 Å². The fourth-order valence-corrected chi connectivity index (χ4v) is 1.40. The summed E-state index contributed by atoms with van der Waals surface area (Å²) in [7, 11) is 0. The van der Waals surface area contributed by atoms with Gasteiger partial charge in [0.05, 0.1) is 12.5 Å². The number of halogens is 1. The third-order valence-corrected chi connectivity index (χ3v) is 2.19. The Morgan fingerprint density at radius 3 is 2.64 bits per heavy atom. The van der Waals surface area contributed by atoms with Crippen molar-refractivity contribution in [2.45, 2.75) is 18.9 Å². The second kappa shape index (κ2) is 4.98. The molecule has 0 saturated carbocycles. The van der Waals surface area contributed by atoms with Gasteiger partial charge in [0, 0.05) is 11.4 Å². The quantitative estimate of drug-likeness (QED) is 0.803. The molecule has 0 aliphatic heterocycles. The zero-order valence-corrected chi connectivity index (χ0v) is 8.24. The fraction of sp³-hybridized carbons (Fsp3) is 0.300. The summed E-state index contributed by atoms with van der Waals surface area (Å²) in [5.74, 6) is -1.01. The highest BCUT2D eigenvalue weighted by atomic mass is 35.5. The molecule has 0 aliphatic rings. The molecule has 0 spiro atoms. The lowest BCUT2D eigenvalue weighted by Crippen LogP contribution is -2.15. The van der Waals surface area contributed by atoms with Crippen molar-refractivity contribution < 1.29 is 15.0 Å². The van der Waals surface area contributed by atoms with Crippen LogP contribution in [0.4, 0.5) is 0 Å². The van der Waals surface area contributed by atoms with Crippen molar-refractivity contribution in [2.75, 3.05) is 0 Å². The first-order chi connectivity index (χ1) is 6.59. The maximum Gasteiger partial charge on any atom is 0.305 e. The zero-order valence-electron chi connectivity index (χ0n) is 7.48. The molecule has 0 aromatic heterocycles. The molecule has 0 heterocycles. The molecule has 1 atom stereocenters. The van der Waals surface area contributed by atoms with Crippen LogP contribution in [0.3, 0.4) is 0 Å². The molecule has 0 fully saturated rings. The first kappa shape index (κ1) is 11.0. The smallest absolute Gasteiger partial charge is 0.305 e. The number of aliphatic hydroxyl groups excluding tert-OH is 1. The first-order valence-corrected chi connectivity index (χ1v) is 4.60. The number of aliphatic hydroxyl groups is 1. The summed E-state index contributed by atoms with van der Waals surface area (Å²) in [6.07, 6.45) is -0.871. The van der Waals surface area contributed by atoms with Crippen LogP contribution in [0.2, 0.25) is 5.02 Å². The highest BCUT2D eigenvalue weighted by molar-refractivity contribution is 6.31. The van der Waals surface area contributed by atoms with Crippen molar-refractivity contribution >= 4 is 17.6 Å². The molecule has 3 nitrogen and oxygen atoms in total. The molecule has 0 amide bonds. The molecule has 4 heteroatoms. The molecule has 1 unspecified atom stereocenters. The van der Waals surface area contributed by atoms with Gasteiger partial charge < -0.3 is 10.2 Å². The van der Waals surface area contributed by atoms with Gasteiger partial charge in [0.2, 0.25) is 0 Å². The van der Waals surface area contributed by atoms with E-state index in [0.29, 0.717) is 5.02 Å². The van der Waals surface area contributed by atoms with E-state index < -0.39 is 12.1 Å². The average molecular weight is 215 g/mol. The minimum absolute atomic E-state index is 0.259. The highest BCUT2D eigenvalue weighted by Crippen LogP contribution is 2.17. The van der Waals surface area contributed by atoms with E-state index in [1.165, 1.54) is 0 Å². The minimum atomic E-state index is -1.01. The SMILES string of the molecule is O=C(O)CC(O)Cc1ccccc1Cl. The Labute approximate surface area is 86.9 Å². The van der Waals surface area contributed by atoms with E-state index in [0.717, 1.165) is 5.56 Å². The summed E-state index contributed by atoms with van der Waals surface area (Å²) >= 11 is 5.85. The number of carboxylic acid groups (broad SMARTS) is 1. The summed E-state index contributed by atoms with van der Waals surface area (Å²) in [5.41, 5.74) is 0.767.